The van der Waals surface area contributed by atoms with Crippen molar-refractivity contribution >= 4 is 23.5 Å². The predicted molar refractivity (Wildman–Crippen MR) is 116 cm³/mol. The Bertz CT molecular complexity index is 1220. The molecule has 0 bridgehead atoms. The molecule has 8 nitrogen and oxygen atoms in total. The van der Waals surface area contributed by atoms with Crippen LogP contribution in [0.1, 0.15) is 17.0 Å². The Balaban J connectivity index is 1.75. The van der Waals surface area contributed by atoms with Crippen LogP contribution in [0, 0.1) is 0 Å². The first-order valence-corrected chi connectivity index (χ1v) is 10.2. The fraction of sp³-hybridized carbons (Fsp3) is 0.217. The third-order valence-corrected chi connectivity index (χ3v) is 5.85. The van der Waals surface area contributed by atoms with Crippen LogP contribution in [0.4, 0.5) is 5.88 Å². The van der Waals surface area contributed by atoms with E-state index in [1.807, 2.05) is 24.3 Å². The summed E-state index contributed by atoms with van der Waals surface area (Å²) in [6.45, 7) is 0.130. The average Bonchev–Trinajstić information content (AvgIpc) is 3.40. The number of fused-ring (bicyclic) bond motifs is 1. The second-order valence-electron chi connectivity index (χ2n) is 7.27. The second kappa shape index (κ2) is 7.80. The van der Waals surface area contributed by atoms with Gasteiger partial charge in [0.05, 0.1) is 44.1 Å². The van der Waals surface area contributed by atoms with Gasteiger partial charge in [0.15, 0.2) is 11.5 Å². The van der Waals surface area contributed by atoms with Gasteiger partial charge in [0, 0.05) is 10.6 Å². The number of esters is 1. The van der Waals surface area contributed by atoms with Crippen molar-refractivity contribution in [1.82, 2.24) is 5.16 Å². The van der Waals surface area contributed by atoms with Crippen molar-refractivity contribution in [2.75, 3.05) is 33.3 Å². The molecule has 1 N–H and O–H groups in total. The monoisotopic (exact) mass is 454 g/mol. The number of benzene rings is 2. The molecule has 0 radical (unpaired) electrons. The van der Waals surface area contributed by atoms with E-state index in [0.717, 1.165) is 11.1 Å². The summed E-state index contributed by atoms with van der Waals surface area (Å²) in [5, 5.41) is 8.07. The van der Waals surface area contributed by atoms with Crippen LogP contribution in [0.2, 0.25) is 5.02 Å². The van der Waals surface area contributed by atoms with Gasteiger partial charge in [0.1, 0.15) is 12.3 Å². The third-order valence-electron chi connectivity index (χ3n) is 5.60. The third kappa shape index (κ3) is 3.06. The lowest BCUT2D eigenvalue weighted by molar-refractivity contribution is -0.136. The molecule has 0 aliphatic carbocycles. The van der Waals surface area contributed by atoms with Crippen LogP contribution in [-0.2, 0) is 9.53 Å². The summed E-state index contributed by atoms with van der Waals surface area (Å²) in [7, 11) is 4.63. The molecule has 0 spiro atoms. The van der Waals surface area contributed by atoms with Gasteiger partial charge in [-0.2, -0.15) is 0 Å². The number of halogens is 1. The number of hydrogen-bond donors (Lipinski definition) is 1. The first kappa shape index (κ1) is 20.3. The second-order valence-corrected chi connectivity index (χ2v) is 7.70. The number of nitrogens with zero attached hydrogens (tertiary/aromatic N) is 1. The maximum atomic E-state index is 12.8. The summed E-state index contributed by atoms with van der Waals surface area (Å²) in [4.78, 5) is 12.8. The van der Waals surface area contributed by atoms with Crippen molar-refractivity contribution in [3.63, 3.8) is 0 Å². The van der Waals surface area contributed by atoms with E-state index in [4.69, 9.17) is 35.1 Å². The first-order valence-electron chi connectivity index (χ1n) is 9.78. The van der Waals surface area contributed by atoms with E-state index in [-0.39, 0.29) is 6.61 Å². The highest BCUT2D eigenvalue weighted by atomic mass is 35.5. The number of methoxy groups -OCH3 is 3. The minimum Gasteiger partial charge on any atom is -0.493 e. The molecule has 3 heterocycles. The number of cyclic esters (lactones) is 1. The summed E-state index contributed by atoms with van der Waals surface area (Å²) in [5.41, 5.74) is 3.97. The largest absolute Gasteiger partial charge is 0.493 e. The van der Waals surface area contributed by atoms with Crippen LogP contribution in [0.5, 0.6) is 17.2 Å². The van der Waals surface area contributed by atoms with Crippen molar-refractivity contribution in [2.24, 2.45) is 0 Å². The molecular formula is C23H19ClN2O6. The molecule has 0 fully saturated rings. The Labute approximate surface area is 188 Å². The highest BCUT2D eigenvalue weighted by molar-refractivity contribution is 6.30. The van der Waals surface area contributed by atoms with Crippen LogP contribution in [0.25, 0.3) is 11.3 Å². The fourth-order valence-corrected chi connectivity index (χ4v) is 4.29. The Kier molecular flexibility index (Phi) is 4.94. The lowest BCUT2D eigenvalue weighted by Crippen LogP contribution is -2.19. The van der Waals surface area contributed by atoms with Crippen LogP contribution >= 0.6 is 11.6 Å². The zero-order valence-electron chi connectivity index (χ0n) is 17.5. The molecule has 1 atom stereocenters. The van der Waals surface area contributed by atoms with Gasteiger partial charge in [0.2, 0.25) is 11.6 Å². The molecule has 0 saturated carbocycles. The van der Waals surface area contributed by atoms with Crippen LogP contribution in [-0.4, -0.2) is 39.1 Å². The van der Waals surface area contributed by atoms with E-state index in [9.17, 15) is 4.79 Å². The fourth-order valence-electron chi connectivity index (χ4n) is 4.17. The normalized spacial score (nSPS) is 16.8. The molecule has 32 heavy (non-hydrogen) atoms. The zero-order valence-corrected chi connectivity index (χ0v) is 18.3. The van der Waals surface area contributed by atoms with Gasteiger partial charge < -0.3 is 28.8 Å². The summed E-state index contributed by atoms with van der Waals surface area (Å²) in [5.74, 6) is 0.923. The van der Waals surface area contributed by atoms with Crippen LogP contribution in [0.3, 0.4) is 0 Å². The number of rotatable bonds is 5. The standard InChI is InChI=1S/C23H19ClN2O6/c1-28-15-8-12(9-16(29-2)21(15)30-3)17-18-14(10-31-23(18)27)25-22-19(17)20(26-32-22)11-4-6-13(24)7-5-11/h4-9,17,25H,10H2,1-3H3. The van der Waals surface area contributed by atoms with Crippen molar-refractivity contribution in [1.29, 1.82) is 0 Å². The van der Waals surface area contributed by atoms with Crippen molar-refractivity contribution in [2.45, 2.75) is 5.92 Å². The molecule has 1 unspecified atom stereocenters. The van der Waals surface area contributed by atoms with E-state index in [1.54, 1.807) is 26.4 Å². The molecule has 3 aromatic rings. The highest BCUT2D eigenvalue weighted by Crippen LogP contribution is 2.51. The molecular weight excluding hydrogens is 436 g/mol. The molecule has 2 aliphatic heterocycles. The highest BCUT2D eigenvalue weighted by Gasteiger charge is 2.43. The number of aromatic nitrogens is 1. The van der Waals surface area contributed by atoms with Crippen LogP contribution in [0.15, 0.2) is 52.2 Å². The Morgan fingerprint density at radius 3 is 2.38 bits per heavy atom. The number of ether oxygens (including phenoxy) is 4. The molecule has 164 valence electrons. The van der Waals surface area contributed by atoms with Crippen molar-refractivity contribution < 1.29 is 28.3 Å². The Hall–Kier alpha value is -3.65. The zero-order chi connectivity index (χ0) is 22.4. The van der Waals surface area contributed by atoms with Gasteiger partial charge in [-0.1, -0.05) is 28.9 Å². The molecule has 2 aliphatic rings. The smallest absolute Gasteiger partial charge is 0.337 e. The summed E-state index contributed by atoms with van der Waals surface area (Å²) in [6, 6.07) is 10.9. The lowest BCUT2D eigenvalue weighted by Gasteiger charge is -2.25. The topological polar surface area (TPSA) is 92.1 Å². The predicted octanol–water partition coefficient (Wildman–Crippen LogP) is 4.39. The van der Waals surface area contributed by atoms with Gasteiger partial charge in [-0.3, -0.25) is 0 Å². The van der Waals surface area contributed by atoms with Crippen molar-refractivity contribution in [3.8, 4) is 28.5 Å². The van der Waals surface area contributed by atoms with E-state index >= 15 is 0 Å². The summed E-state index contributed by atoms with van der Waals surface area (Å²) < 4.78 is 27.5. The summed E-state index contributed by atoms with van der Waals surface area (Å²) >= 11 is 6.06. The number of anilines is 1. The molecule has 0 saturated heterocycles. The SMILES string of the molecule is COc1cc(C2C3=C(COC3=O)Nc3onc(-c4ccc(Cl)cc4)c32)cc(OC)c1OC. The van der Waals surface area contributed by atoms with Gasteiger partial charge in [-0.15, -0.1) is 0 Å². The van der Waals surface area contributed by atoms with E-state index in [1.165, 1.54) is 7.11 Å². The minimum atomic E-state index is -0.526. The van der Waals surface area contributed by atoms with Gasteiger partial charge in [-0.05, 0) is 29.8 Å². The maximum Gasteiger partial charge on any atom is 0.337 e. The van der Waals surface area contributed by atoms with E-state index in [2.05, 4.69) is 10.5 Å². The summed E-state index contributed by atoms with van der Waals surface area (Å²) in [6.07, 6.45) is 0. The minimum absolute atomic E-state index is 0.130. The molecule has 0 amide bonds. The van der Waals surface area contributed by atoms with Gasteiger partial charge >= 0.3 is 5.97 Å². The maximum absolute atomic E-state index is 12.8. The van der Waals surface area contributed by atoms with Crippen molar-refractivity contribution in [3.05, 3.63) is 63.8 Å². The van der Waals surface area contributed by atoms with E-state index < -0.39 is 11.9 Å². The average molecular weight is 455 g/mol. The van der Waals surface area contributed by atoms with E-state index in [0.29, 0.717) is 50.7 Å². The van der Waals surface area contributed by atoms with Crippen LogP contribution < -0.4 is 19.5 Å². The van der Waals surface area contributed by atoms with Gasteiger partial charge in [0.25, 0.3) is 0 Å². The Morgan fingerprint density at radius 2 is 1.75 bits per heavy atom. The Morgan fingerprint density at radius 1 is 1.06 bits per heavy atom. The molecule has 2 aromatic carbocycles. The quantitative estimate of drug-likeness (QED) is 0.567. The number of carbonyl (C=O) groups is 1. The number of hydrogen-bond acceptors (Lipinski definition) is 8. The molecule has 5 rings (SSSR count). The molecule has 1 aromatic heterocycles. The number of carbonyl (C=O) groups excluding carboxylic acids is 1. The first-order chi connectivity index (χ1) is 15.5. The number of nitrogens with one attached hydrogen (secondary N) is 1. The molecule has 9 heteroatoms. The van der Waals surface area contributed by atoms with Gasteiger partial charge in [-0.25, -0.2) is 4.79 Å². The lowest BCUT2D eigenvalue weighted by atomic mass is 9.81.